The van der Waals surface area contributed by atoms with Gasteiger partial charge < -0.3 is 15.0 Å². The van der Waals surface area contributed by atoms with Crippen LogP contribution in [0.15, 0.2) is 24.3 Å². The second kappa shape index (κ2) is 9.09. The Morgan fingerprint density at radius 2 is 1.88 bits per heavy atom. The average Bonchev–Trinajstić information content (AvgIpc) is 3.18. The van der Waals surface area contributed by atoms with E-state index in [4.69, 9.17) is 4.74 Å². The smallest absolute Gasteiger partial charge is 0.251 e. The fourth-order valence-corrected chi connectivity index (χ4v) is 3.36. The van der Waals surface area contributed by atoms with Gasteiger partial charge in [-0.1, -0.05) is 12.1 Å². The van der Waals surface area contributed by atoms with E-state index in [1.807, 2.05) is 4.90 Å². The van der Waals surface area contributed by atoms with E-state index in [1.165, 1.54) is 12.1 Å². The molecule has 0 aliphatic carbocycles. The third-order valence-corrected chi connectivity index (χ3v) is 4.91. The maximum atomic E-state index is 12.9. The van der Waals surface area contributed by atoms with Gasteiger partial charge >= 0.3 is 0 Å². The number of carbonyl (C=O) groups is 2. The zero-order valence-electron chi connectivity index (χ0n) is 15.0. The first-order valence-electron chi connectivity index (χ1n) is 9.26. The van der Waals surface area contributed by atoms with Gasteiger partial charge in [-0.3, -0.25) is 14.5 Å². The zero-order chi connectivity index (χ0) is 18.4. The summed E-state index contributed by atoms with van der Waals surface area (Å²) in [6.45, 7) is 4.22. The lowest BCUT2D eigenvalue weighted by Crippen LogP contribution is -2.53. The van der Waals surface area contributed by atoms with E-state index in [0.29, 0.717) is 52.3 Å². The fraction of sp³-hybridized carbons (Fsp3) is 0.579. The number of hydrogen-bond donors (Lipinski definition) is 1. The van der Waals surface area contributed by atoms with E-state index in [9.17, 15) is 14.0 Å². The van der Waals surface area contributed by atoms with Gasteiger partial charge in [-0.05, 0) is 37.0 Å². The maximum absolute atomic E-state index is 12.9. The summed E-state index contributed by atoms with van der Waals surface area (Å²) in [5, 5.41) is 2.90. The van der Waals surface area contributed by atoms with Crippen LogP contribution >= 0.6 is 0 Å². The van der Waals surface area contributed by atoms with Gasteiger partial charge in [-0.25, -0.2) is 4.39 Å². The molecule has 3 rings (SSSR count). The molecule has 2 aliphatic rings. The normalized spacial score (nSPS) is 21.0. The molecule has 0 saturated carbocycles. The van der Waals surface area contributed by atoms with Crippen molar-refractivity contribution in [2.75, 3.05) is 45.9 Å². The Kier molecular flexibility index (Phi) is 6.57. The molecule has 7 heteroatoms. The highest BCUT2D eigenvalue weighted by atomic mass is 19.1. The number of nitrogens with zero attached hydrogens (tertiary/aromatic N) is 2. The van der Waals surface area contributed by atoms with Crippen molar-refractivity contribution in [1.82, 2.24) is 15.1 Å². The molecule has 2 saturated heterocycles. The van der Waals surface area contributed by atoms with Crippen LogP contribution in [0.5, 0.6) is 0 Å². The Balaban J connectivity index is 1.32. The first-order valence-corrected chi connectivity index (χ1v) is 9.26. The number of ether oxygens (including phenoxy) is 1. The molecule has 2 fully saturated rings. The molecule has 1 N–H and O–H groups in total. The second-order valence-corrected chi connectivity index (χ2v) is 6.83. The number of halogens is 1. The standard InChI is InChI=1S/C19H26FN3O3/c20-16-5-3-15(4-6-16)7-8-21-18(24)14-22-9-11-23(12-10-22)19(25)17-2-1-13-26-17/h3-6,17H,1-2,7-14H2,(H,21,24). The number of benzene rings is 1. The maximum Gasteiger partial charge on any atom is 0.251 e. The lowest BCUT2D eigenvalue weighted by Gasteiger charge is -2.35. The van der Waals surface area contributed by atoms with Crippen LogP contribution < -0.4 is 5.32 Å². The largest absolute Gasteiger partial charge is 0.368 e. The Labute approximate surface area is 153 Å². The van der Waals surface area contributed by atoms with E-state index in [2.05, 4.69) is 10.2 Å². The Morgan fingerprint density at radius 3 is 2.54 bits per heavy atom. The van der Waals surface area contributed by atoms with Gasteiger partial charge in [0.15, 0.2) is 0 Å². The van der Waals surface area contributed by atoms with Crippen molar-refractivity contribution < 1.29 is 18.7 Å². The molecule has 0 bridgehead atoms. The Morgan fingerprint density at radius 1 is 1.15 bits per heavy atom. The van der Waals surface area contributed by atoms with Crippen molar-refractivity contribution in [3.05, 3.63) is 35.6 Å². The van der Waals surface area contributed by atoms with Gasteiger partial charge in [-0.15, -0.1) is 0 Å². The van der Waals surface area contributed by atoms with Crippen molar-refractivity contribution in [1.29, 1.82) is 0 Å². The molecular formula is C19H26FN3O3. The summed E-state index contributed by atoms with van der Waals surface area (Å²) in [4.78, 5) is 28.3. The van der Waals surface area contributed by atoms with Crippen molar-refractivity contribution in [2.24, 2.45) is 0 Å². The molecule has 0 radical (unpaired) electrons. The molecule has 1 unspecified atom stereocenters. The van der Waals surface area contributed by atoms with Gasteiger partial charge in [0.1, 0.15) is 11.9 Å². The molecule has 2 heterocycles. The van der Waals surface area contributed by atoms with E-state index in [-0.39, 0.29) is 23.7 Å². The lowest BCUT2D eigenvalue weighted by molar-refractivity contribution is -0.142. The van der Waals surface area contributed by atoms with Crippen LogP contribution in [0.3, 0.4) is 0 Å². The van der Waals surface area contributed by atoms with Gasteiger partial charge in [0.2, 0.25) is 5.91 Å². The first-order chi connectivity index (χ1) is 12.6. The molecule has 2 amide bonds. The molecule has 0 spiro atoms. The molecule has 0 aromatic heterocycles. The minimum absolute atomic E-state index is 0.0222. The van der Waals surface area contributed by atoms with Crippen molar-refractivity contribution >= 4 is 11.8 Å². The third kappa shape index (κ3) is 5.25. The van der Waals surface area contributed by atoms with E-state index < -0.39 is 0 Å². The molecule has 1 aromatic rings. The summed E-state index contributed by atoms with van der Waals surface area (Å²) in [6, 6.07) is 6.31. The van der Waals surface area contributed by atoms with E-state index in [0.717, 1.165) is 18.4 Å². The third-order valence-electron chi connectivity index (χ3n) is 4.91. The Hall–Kier alpha value is -1.99. The van der Waals surface area contributed by atoms with Gasteiger partial charge in [-0.2, -0.15) is 0 Å². The summed E-state index contributed by atoms with van der Waals surface area (Å²) in [5.74, 6) is -0.188. The van der Waals surface area contributed by atoms with Crippen LogP contribution in [0, 0.1) is 5.82 Å². The Bertz CT molecular complexity index is 609. The summed E-state index contributed by atoms with van der Waals surface area (Å²) in [5.41, 5.74) is 0.993. The van der Waals surface area contributed by atoms with E-state index in [1.54, 1.807) is 12.1 Å². The van der Waals surface area contributed by atoms with Crippen molar-refractivity contribution in [2.45, 2.75) is 25.4 Å². The minimum Gasteiger partial charge on any atom is -0.368 e. The molecular weight excluding hydrogens is 337 g/mol. The quantitative estimate of drug-likeness (QED) is 0.813. The highest BCUT2D eigenvalue weighted by Crippen LogP contribution is 2.15. The van der Waals surface area contributed by atoms with Crippen molar-refractivity contribution in [3.63, 3.8) is 0 Å². The molecule has 2 aliphatic heterocycles. The summed E-state index contributed by atoms with van der Waals surface area (Å²) in [6.07, 6.45) is 2.18. The van der Waals surface area contributed by atoms with Gasteiger partial charge in [0.05, 0.1) is 6.54 Å². The number of rotatable bonds is 6. The van der Waals surface area contributed by atoms with Crippen LogP contribution in [-0.4, -0.2) is 73.6 Å². The van der Waals surface area contributed by atoms with E-state index >= 15 is 0 Å². The summed E-state index contributed by atoms with van der Waals surface area (Å²) in [7, 11) is 0. The monoisotopic (exact) mass is 363 g/mol. The van der Waals surface area contributed by atoms with Crippen LogP contribution in [0.25, 0.3) is 0 Å². The predicted octanol–water partition coefficient (Wildman–Crippen LogP) is 0.808. The molecule has 26 heavy (non-hydrogen) atoms. The zero-order valence-corrected chi connectivity index (χ0v) is 15.0. The fourth-order valence-electron chi connectivity index (χ4n) is 3.36. The summed E-state index contributed by atoms with van der Waals surface area (Å²) >= 11 is 0. The predicted molar refractivity (Wildman–Crippen MR) is 95.1 cm³/mol. The highest BCUT2D eigenvalue weighted by Gasteiger charge is 2.30. The molecule has 142 valence electrons. The molecule has 1 atom stereocenters. The van der Waals surface area contributed by atoms with Gasteiger partial charge in [0, 0.05) is 39.3 Å². The molecule has 1 aromatic carbocycles. The van der Waals surface area contributed by atoms with Crippen LogP contribution in [0.1, 0.15) is 18.4 Å². The number of amides is 2. The van der Waals surface area contributed by atoms with Crippen LogP contribution in [-0.2, 0) is 20.7 Å². The number of piperazine rings is 1. The summed E-state index contributed by atoms with van der Waals surface area (Å²) < 4.78 is 18.3. The first kappa shape index (κ1) is 18.8. The second-order valence-electron chi connectivity index (χ2n) is 6.83. The van der Waals surface area contributed by atoms with Gasteiger partial charge in [0.25, 0.3) is 5.91 Å². The van der Waals surface area contributed by atoms with Crippen molar-refractivity contribution in [3.8, 4) is 0 Å². The number of nitrogens with one attached hydrogen (secondary N) is 1. The van der Waals surface area contributed by atoms with Crippen LogP contribution in [0.4, 0.5) is 4.39 Å². The number of carbonyl (C=O) groups excluding carboxylic acids is 2. The SMILES string of the molecule is O=C(CN1CCN(C(=O)C2CCCO2)CC1)NCCc1ccc(F)cc1. The lowest BCUT2D eigenvalue weighted by atomic mass is 10.1. The molecule has 6 nitrogen and oxygen atoms in total. The average molecular weight is 363 g/mol. The highest BCUT2D eigenvalue weighted by molar-refractivity contribution is 5.81. The topological polar surface area (TPSA) is 61.9 Å². The van der Waals surface area contributed by atoms with Crippen LogP contribution in [0.2, 0.25) is 0 Å². The number of hydrogen-bond acceptors (Lipinski definition) is 4. The minimum atomic E-state index is -0.267.